The molecule has 3 N–H and O–H groups in total. The molecule has 84 valence electrons. The van der Waals surface area contributed by atoms with Crippen molar-refractivity contribution in [3.8, 4) is 11.4 Å². The van der Waals surface area contributed by atoms with Crippen molar-refractivity contribution in [3.63, 3.8) is 0 Å². The Morgan fingerprint density at radius 3 is 2.94 bits per heavy atom. The van der Waals surface area contributed by atoms with Gasteiger partial charge in [0.25, 0.3) is 0 Å². The van der Waals surface area contributed by atoms with E-state index in [2.05, 4.69) is 20.3 Å². The molecule has 0 aliphatic rings. The first-order valence-corrected chi connectivity index (χ1v) is 4.87. The van der Waals surface area contributed by atoms with Gasteiger partial charge in [-0.25, -0.2) is 9.97 Å². The largest absolute Gasteiger partial charge is 0.508 e. The van der Waals surface area contributed by atoms with E-state index in [0.717, 1.165) is 0 Å². The van der Waals surface area contributed by atoms with E-state index in [4.69, 9.17) is 5.73 Å². The fourth-order valence-electron chi connectivity index (χ4n) is 1.56. The van der Waals surface area contributed by atoms with Gasteiger partial charge >= 0.3 is 0 Å². The molecule has 0 saturated carbocycles. The Hall–Kier alpha value is -2.70. The molecule has 0 spiro atoms. The van der Waals surface area contributed by atoms with Gasteiger partial charge < -0.3 is 10.8 Å². The summed E-state index contributed by atoms with van der Waals surface area (Å²) in [5.74, 6) is 0.426. The number of benzene rings is 1. The van der Waals surface area contributed by atoms with Gasteiger partial charge in [-0.15, -0.1) is 5.10 Å². The number of nitrogens with two attached hydrogens (primary N) is 1. The van der Waals surface area contributed by atoms with E-state index in [1.807, 2.05) is 0 Å². The summed E-state index contributed by atoms with van der Waals surface area (Å²) in [6.45, 7) is 0. The summed E-state index contributed by atoms with van der Waals surface area (Å²) in [7, 11) is 0. The predicted molar refractivity (Wildman–Crippen MR) is 60.5 cm³/mol. The lowest BCUT2D eigenvalue weighted by Crippen LogP contribution is -1.98. The predicted octanol–water partition coefficient (Wildman–Crippen LogP) is 0.498. The first kappa shape index (κ1) is 9.52. The summed E-state index contributed by atoms with van der Waals surface area (Å²) in [5.41, 5.74) is 7.26. The maximum atomic E-state index is 9.42. The van der Waals surface area contributed by atoms with Crippen molar-refractivity contribution in [3.05, 3.63) is 30.6 Å². The summed E-state index contributed by atoms with van der Waals surface area (Å²) in [6.07, 6.45) is 1.35. The van der Waals surface area contributed by atoms with Crippen LogP contribution in [0, 0.1) is 0 Å². The molecule has 3 rings (SSSR count). The average molecular weight is 228 g/mol. The van der Waals surface area contributed by atoms with Crippen molar-refractivity contribution in [2.75, 3.05) is 5.73 Å². The molecule has 0 atom stereocenters. The lowest BCUT2D eigenvalue weighted by atomic mass is 10.3. The van der Waals surface area contributed by atoms with Gasteiger partial charge in [0.2, 0.25) is 0 Å². The maximum Gasteiger partial charge on any atom is 0.188 e. The van der Waals surface area contributed by atoms with Crippen molar-refractivity contribution in [1.29, 1.82) is 0 Å². The zero-order valence-corrected chi connectivity index (χ0v) is 8.65. The molecule has 0 bridgehead atoms. The Bertz CT molecular complexity index is 692. The number of aromatic hydroxyl groups is 1. The topological polar surface area (TPSA) is 103 Å². The molecule has 7 heteroatoms. The van der Waals surface area contributed by atoms with E-state index < -0.39 is 0 Å². The van der Waals surface area contributed by atoms with Gasteiger partial charge in [-0.05, 0) is 12.1 Å². The Labute approximate surface area is 95.5 Å². The highest BCUT2D eigenvalue weighted by Crippen LogP contribution is 2.19. The SMILES string of the molecule is Nc1ncnc2c1nnn2-c1cccc(O)c1. The van der Waals surface area contributed by atoms with E-state index in [1.54, 1.807) is 24.3 Å². The number of rotatable bonds is 1. The van der Waals surface area contributed by atoms with Crippen LogP contribution < -0.4 is 5.73 Å². The molecule has 0 aliphatic carbocycles. The van der Waals surface area contributed by atoms with Crippen LogP contribution in [-0.4, -0.2) is 30.1 Å². The third kappa shape index (κ3) is 1.44. The molecule has 17 heavy (non-hydrogen) atoms. The Balaban J connectivity index is 2.28. The van der Waals surface area contributed by atoms with Crippen LogP contribution in [0.15, 0.2) is 30.6 Å². The quantitative estimate of drug-likeness (QED) is 0.628. The number of phenols is 1. The fourth-order valence-corrected chi connectivity index (χ4v) is 1.56. The Morgan fingerprint density at radius 1 is 1.24 bits per heavy atom. The number of fused-ring (bicyclic) bond motifs is 1. The smallest absolute Gasteiger partial charge is 0.188 e. The standard InChI is InChI=1S/C10H8N6O/c11-9-8-10(13-5-12-9)16(15-14-8)6-2-1-3-7(17)4-6/h1-5,17H,(H2,11,12,13). The third-order valence-corrected chi connectivity index (χ3v) is 2.34. The van der Waals surface area contributed by atoms with Crippen molar-refractivity contribution in [1.82, 2.24) is 25.0 Å². The highest BCUT2D eigenvalue weighted by atomic mass is 16.3. The first-order chi connectivity index (χ1) is 8.25. The maximum absolute atomic E-state index is 9.42. The average Bonchev–Trinajstić information content (AvgIpc) is 2.74. The van der Waals surface area contributed by atoms with E-state index in [1.165, 1.54) is 11.0 Å². The van der Waals surface area contributed by atoms with Gasteiger partial charge in [-0.2, -0.15) is 4.68 Å². The molecule has 2 aromatic heterocycles. The number of nitrogens with zero attached hydrogens (tertiary/aromatic N) is 5. The van der Waals surface area contributed by atoms with Crippen LogP contribution in [-0.2, 0) is 0 Å². The third-order valence-electron chi connectivity index (χ3n) is 2.34. The van der Waals surface area contributed by atoms with Crippen molar-refractivity contribution < 1.29 is 5.11 Å². The molecule has 1 aromatic carbocycles. The summed E-state index contributed by atoms with van der Waals surface area (Å²) in [6, 6.07) is 6.63. The van der Waals surface area contributed by atoms with Gasteiger partial charge in [0.05, 0.1) is 5.69 Å². The number of phenolic OH excluding ortho intramolecular Hbond substituents is 1. The van der Waals surface area contributed by atoms with Crippen LogP contribution in [0.4, 0.5) is 5.82 Å². The monoisotopic (exact) mass is 228 g/mol. The second-order valence-corrected chi connectivity index (χ2v) is 3.45. The lowest BCUT2D eigenvalue weighted by molar-refractivity contribution is 0.475. The minimum Gasteiger partial charge on any atom is -0.508 e. The van der Waals surface area contributed by atoms with Crippen LogP contribution in [0.2, 0.25) is 0 Å². The van der Waals surface area contributed by atoms with Crippen molar-refractivity contribution >= 4 is 17.0 Å². The summed E-state index contributed by atoms with van der Waals surface area (Å²) < 4.78 is 1.49. The number of anilines is 1. The lowest BCUT2D eigenvalue weighted by Gasteiger charge is -2.01. The number of hydrogen-bond donors (Lipinski definition) is 2. The van der Waals surface area contributed by atoms with E-state index in [9.17, 15) is 5.11 Å². The molecule has 2 heterocycles. The molecular formula is C10H8N6O. The highest BCUT2D eigenvalue weighted by Gasteiger charge is 2.10. The second kappa shape index (κ2) is 3.41. The Morgan fingerprint density at radius 2 is 2.12 bits per heavy atom. The molecule has 7 nitrogen and oxygen atoms in total. The van der Waals surface area contributed by atoms with Gasteiger partial charge in [-0.3, -0.25) is 0 Å². The molecule has 0 fully saturated rings. The summed E-state index contributed by atoms with van der Waals surface area (Å²) in [4.78, 5) is 7.91. The zero-order chi connectivity index (χ0) is 11.8. The van der Waals surface area contributed by atoms with E-state index in [0.29, 0.717) is 16.9 Å². The van der Waals surface area contributed by atoms with Crippen LogP contribution >= 0.6 is 0 Å². The minimum atomic E-state index is 0.146. The second-order valence-electron chi connectivity index (χ2n) is 3.45. The molecule has 0 radical (unpaired) electrons. The van der Waals surface area contributed by atoms with Gasteiger partial charge in [0.15, 0.2) is 17.0 Å². The summed E-state index contributed by atoms with van der Waals surface area (Å²) >= 11 is 0. The van der Waals surface area contributed by atoms with Gasteiger partial charge in [-0.1, -0.05) is 11.3 Å². The Kier molecular flexibility index (Phi) is 1.91. The van der Waals surface area contributed by atoms with Gasteiger partial charge in [0, 0.05) is 6.07 Å². The fraction of sp³-hybridized carbons (Fsp3) is 0. The van der Waals surface area contributed by atoms with Crippen LogP contribution in [0.3, 0.4) is 0 Å². The molecule has 0 saturated heterocycles. The van der Waals surface area contributed by atoms with E-state index >= 15 is 0 Å². The van der Waals surface area contributed by atoms with Crippen molar-refractivity contribution in [2.45, 2.75) is 0 Å². The van der Waals surface area contributed by atoms with E-state index in [-0.39, 0.29) is 11.6 Å². The van der Waals surface area contributed by atoms with Crippen LogP contribution in [0.5, 0.6) is 5.75 Å². The van der Waals surface area contributed by atoms with Crippen LogP contribution in [0.1, 0.15) is 0 Å². The number of aromatic nitrogens is 5. The number of nitrogen functional groups attached to an aromatic ring is 1. The van der Waals surface area contributed by atoms with Crippen LogP contribution in [0.25, 0.3) is 16.9 Å². The molecule has 0 amide bonds. The normalized spacial score (nSPS) is 10.8. The summed E-state index contributed by atoms with van der Waals surface area (Å²) in [5, 5.41) is 17.3. The minimum absolute atomic E-state index is 0.146. The first-order valence-electron chi connectivity index (χ1n) is 4.87. The molecule has 3 aromatic rings. The zero-order valence-electron chi connectivity index (χ0n) is 8.65. The van der Waals surface area contributed by atoms with Crippen molar-refractivity contribution in [2.24, 2.45) is 0 Å². The van der Waals surface area contributed by atoms with Gasteiger partial charge in [0.1, 0.15) is 12.1 Å². The molecule has 0 aliphatic heterocycles. The number of hydrogen-bond acceptors (Lipinski definition) is 6. The molecule has 0 unspecified atom stereocenters. The highest BCUT2D eigenvalue weighted by molar-refractivity contribution is 5.81. The molecular weight excluding hydrogens is 220 g/mol.